The monoisotopic (exact) mass is 394 g/mol. The predicted molar refractivity (Wildman–Crippen MR) is 101 cm³/mol. The molecule has 6 nitrogen and oxygen atoms in total. The Labute approximate surface area is 160 Å². The Hall–Kier alpha value is -3.36. The number of methoxy groups -OCH3 is 1. The molecule has 0 saturated carbocycles. The Morgan fingerprint density at radius 2 is 1.86 bits per heavy atom. The van der Waals surface area contributed by atoms with Crippen molar-refractivity contribution < 1.29 is 22.7 Å². The van der Waals surface area contributed by atoms with Gasteiger partial charge >= 0.3 is 0 Å². The Morgan fingerprint density at radius 1 is 1.18 bits per heavy atom. The second-order valence-corrected chi connectivity index (χ2v) is 5.91. The molecule has 28 heavy (non-hydrogen) atoms. The maximum absolute atomic E-state index is 14.6. The second kappa shape index (κ2) is 8.55. The minimum absolute atomic E-state index is 0.0875. The molecule has 2 aromatic rings. The number of benzene rings is 2. The van der Waals surface area contributed by atoms with Crippen LogP contribution in [0.4, 0.5) is 18.9 Å². The maximum Gasteiger partial charge on any atom is 0.269 e. The van der Waals surface area contributed by atoms with E-state index in [0.717, 1.165) is 7.11 Å². The lowest BCUT2D eigenvalue weighted by Gasteiger charge is -2.16. The number of nitrogen functional groups attached to an aromatic ring is 1. The lowest BCUT2D eigenvalue weighted by atomic mass is 9.97. The number of carbonyl (C=O) groups excluding carboxylic acids is 1. The summed E-state index contributed by atoms with van der Waals surface area (Å²) in [5.41, 5.74) is 16.7. The fourth-order valence-corrected chi connectivity index (χ4v) is 2.63. The number of halogens is 3. The summed E-state index contributed by atoms with van der Waals surface area (Å²) in [4.78, 5) is 12.0. The number of hydrogen-bond acceptors (Lipinski definition) is 5. The van der Waals surface area contributed by atoms with Gasteiger partial charge in [-0.1, -0.05) is 25.1 Å². The SMILES string of the molecule is CCCNC(=O)/C(N)=C(\N)c1cccc(-c2c(F)cc(F)c(OC)c2F)c1N. The second-order valence-electron chi connectivity index (χ2n) is 5.91. The molecular formula is C19H21F3N4O2. The van der Waals surface area contributed by atoms with Gasteiger partial charge in [-0.25, -0.2) is 13.2 Å². The molecule has 2 rings (SSSR count). The van der Waals surface area contributed by atoms with E-state index >= 15 is 0 Å². The smallest absolute Gasteiger partial charge is 0.269 e. The van der Waals surface area contributed by atoms with Crippen molar-refractivity contribution in [1.82, 2.24) is 5.32 Å². The summed E-state index contributed by atoms with van der Waals surface area (Å²) < 4.78 is 47.3. The minimum Gasteiger partial charge on any atom is -0.491 e. The van der Waals surface area contributed by atoms with E-state index in [0.29, 0.717) is 19.0 Å². The van der Waals surface area contributed by atoms with Gasteiger partial charge in [-0.05, 0) is 6.42 Å². The summed E-state index contributed by atoms with van der Waals surface area (Å²) in [5.74, 6) is -4.95. The molecule has 150 valence electrons. The van der Waals surface area contributed by atoms with Crippen LogP contribution in [0.5, 0.6) is 5.75 Å². The molecule has 0 aromatic heterocycles. The Balaban J connectivity index is 2.63. The van der Waals surface area contributed by atoms with Crippen molar-refractivity contribution in [3.05, 3.63) is 53.0 Å². The van der Waals surface area contributed by atoms with Crippen LogP contribution in [0.2, 0.25) is 0 Å². The number of para-hydroxylation sites is 1. The molecule has 0 fully saturated rings. The first-order valence-electron chi connectivity index (χ1n) is 8.38. The van der Waals surface area contributed by atoms with E-state index in [1.807, 2.05) is 6.92 Å². The van der Waals surface area contributed by atoms with Crippen LogP contribution in [0.3, 0.4) is 0 Å². The van der Waals surface area contributed by atoms with Crippen molar-refractivity contribution in [1.29, 1.82) is 0 Å². The van der Waals surface area contributed by atoms with Gasteiger partial charge in [0.1, 0.15) is 11.5 Å². The zero-order valence-corrected chi connectivity index (χ0v) is 15.4. The van der Waals surface area contributed by atoms with Crippen molar-refractivity contribution in [2.45, 2.75) is 13.3 Å². The van der Waals surface area contributed by atoms with Crippen molar-refractivity contribution in [3.8, 4) is 16.9 Å². The van der Waals surface area contributed by atoms with E-state index in [4.69, 9.17) is 17.2 Å². The molecule has 2 aromatic carbocycles. The molecule has 0 bridgehead atoms. The first-order chi connectivity index (χ1) is 13.2. The van der Waals surface area contributed by atoms with Crippen LogP contribution in [0.15, 0.2) is 30.0 Å². The van der Waals surface area contributed by atoms with Crippen molar-refractivity contribution >= 4 is 17.3 Å². The average Bonchev–Trinajstić information content (AvgIpc) is 2.66. The number of ether oxygens (including phenoxy) is 1. The van der Waals surface area contributed by atoms with Crippen LogP contribution < -0.4 is 27.3 Å². The first kappa shape index (κ1) is 20.9. The third-order valence-electron chi connectivity index (χ3n) is 4.07. The largest absolute Gasteiger partial charge is 0.491 e. The van der Waals surface area contributed by atoms with Crippen LogP contribution in [-0.4, -0.2) is 19.6 Å². The zero-order valence-electron chi connectivity index (χ0n) is 15.4. The van der Waals surface area contributed by atoms with Gasteiger partial charge in [0, 0.05) is 29.4 Å². The molecule has 0 aliphatic heterocycles. The van der Waals surface area contributed by atoms with Gasteiger partial charge in [0.2, 0.25) is 0 Å². The molecule has 9 heteroatoms. The maximum atomic E-state index is 14.6. The summed E-state index contributed by atoms with van der Waals surface area (Å²) in [6.45, 7) is 2.26. The van der Waals surface area contributed by atoms with Crippen molar-refractivity contribution in [2.75, 3.05) is 19.4 Å². The molecule has 7 N–H and O–H groups in total. The van der Waals surface area contributed by atoms with Gasteiger partial charge in [0.05, 0.1) is 18.4 Å². The van der Waals surface area contributed by atoms with Gasteiger partial charge in [0.25, 0.3) is 5.91 Å². The molecule has 0 spiro atoms. The van der Waals surface area contributed by atoms with Gasteiger partial charge < -0.3 is 27.3 Å². The molecular weight excluding hydrogens is 373 g/mol. The fourth-order valence-electron chi connectivity index (χ4n) is 2.63. The lowest BCUT2D eigenvalue weighted by Crippen LogP contribution is -2.31. The van der Waals surface area contributed by atoms with E-state index in [9.17, 15) is 18.0 Å². The van der Waals surface area contributed by atoms with E-state index in [1.165, 1.54) is 18.2 Å². The minimum atomic E-state index is -1.25. The van der Waals surface area contributed by atoms with Gasteiger partial charge in [-0.3, -0.25) is 4.79 Å². The Kier molecular flexibility index (Phi) is 6.40. The molecule has 0 saturated heterocycles. The Bertz CT molecular complexity index is 945. The standard InChI is InChI=1S/C19H21F3N4O2/c1-3-7-26-19(27)17(25)16(24)10-6-4-5-9(15(10)23)13-11(20)8-12(21)18(28-2)14(13)22/h4-6,8H,3,7,23-25H2,1-2H3,(H,26,27)/b17-16+. The van der Waals surface area contributed by atoms with E-state index in [1.54, 1.807) is 0 Å². The molecule has 0 heterocycles. The van der Waals surface area contributed by atoms with Gasteiger partial charge in [-0.15, -0.1) is 0 Å². The predicted octanol–water partition coefficient (Wildman–Crippen LogP) is 2.47. The third kappa shape index (κ3) is 3.83. The van der Waals surface area contributed by atoms with Crippen LogP contribution in [0.1, 0.15) is 18.9 Å². The highest BCUT2D eigenvalue weighted by Gasteiger charge is 2.24. The average molecular weight is 394 g/mol. The number of hydrogen-bond donors (Lipinski definition) is 4. The van der Waals surface area contributed by atoms with Crippen LogP contribution in [-0.2, 0) is 4.79 Å². The number of nitrogens with one attached hydrogen (secondary N) is 1. The van der Waals surface area contributed by atoms with Gasteiger partial charge in [0.15, 0.2) is 17.4 Å². The molecule has 0 aliphatic rings. The molecule has 0 radical (unpaired) electrons. The Morgan fingerprint density at radius 3 is 2.46 bits per heavy atom. The van der Waals surface area contributed by atoms with Crippen LogP contribution in [0, 0.1) is 17.5 Å². The molecule has 0 aliphatic carbocycles. The number of amides is 1. The fraction of sp³-hybridized carbons (Fsp3) is 0.211. The van der Waals surface area contributed by atoms with Crippen LogP contribution >= 0.6 is 0 Å². The lowest BCUT2D eigenvalue weighted by molar-refractivity contribution is -0.117. The summed E-state index contributed by atoms with van der Waals surface area (Å²) in [5, 5.41) is 2.57. The number of anilines is 1. The number of carbonyl (C=O) groups is 1. The number of rotatable bonds is 6. The highest BCUT2D eigenvalue weighted by molar-refractivity contribution is 6.01. The van der Waals surface area contributed by atoms with Gasteiger partial charge in [-0.2, -0.15) is 0 Å². The molecule has 1 amide bonds. The topological polar surface area (TPSA) is 116 Å². The number of nitrogens with two attached hydrogens (primary N) is 3. The molecule has 0 unspecified atom stereocenters. The highest BCUT2D eigenvalue weighted by Crippen LogP contribution is 2.38. The van der Waals surface area contributed by atoms with E-state index in [2.05, 4.69) is 10.1 Å². The quantitative estimate of drug-likeness (QED) is 0.444. The summed E-state index contributed by atoms with van der Waals surface area (Å²) >= 11 is 0. The molecule has 0 atom stereocenters. The summed E-state index contributed by atoms with van der Waals surface area (Å²) in [7, 11) is 1.05. The van der Waals surface area contributed by atoms with Crippen molar-refractivity contribution in [2.24, 2.45) is 11.5 Å². The zero-order chi connectivity index (χ0) is 21.0. The summed E-state index contributed by atoms with van der Waals surface area (Å²) in [6, 6.07) is 4.71. The normalized spacial score (nSPS) is 11.8. The van der Waals surface area contributed by atoms with Crippen LogP contribution in [0.25, 0.3) is 16.8 Å². The third-order valence-corrected chi connectivity index (χ3v) is 4.07. The van der Waals surface area contributed by atoms with Crippen molar-refractivity contribution in [3.63, 3.8) is 0 Å². The van der Waals surface area contributed by atoms with E-state index in [-0.39, 0.29) is 28.2 Å². The summed E-state index contributed by atoms with van der Waals surface area (Å²) in [6.07, 6.45) is 0.696. The van der Waals surface area contributed by atoms with E-state index < -0.39 is 34.7 Å². The highest BCUT2D eigenvalue weighted by atomic mass is 19.1. The first-order valence-corrected chi connectivity index (χ1v) is 8.38.